The standard InChI is InChI=1S/C21H17N3O8S/c1-14-7-9-18(10-8-14)33(30,31)22(19-5-3-4-6-20(19)32-2)21(25)15-11-16(23(26)27)13-17(12-15)24(28)29/h3-13H,1-2H3. The van der Waals surface area contributed by atoms with Gasteiger partial charge < -0.3 is 4.74 Å². The van der Waals surface area contributed by atoms with Crippen molar-refractivity contribution < 1.29 is 27.8 Å². The second kappa shape index (κ2) is 9.04. The number of amides is 1. The molecule has 11 nitrogen and oxygen atoms in total. The Morgan fingerprint density at radius 3 is 1.97 bits per heavy atom. The zero-order valence-electron chi connectivity index (χ0n) is 17.4. The number of non-ortho nitro benzene ring substituents is 2. The molecule has 0 aliphatic heterocycles. The van der Waals surface area contributed by atoms with Gasteiger partial charge in [-0.1, -0.05) is 29.8 Å². The summed E-state index contributed by atoms with van der Waals surface area (Å²) in [5.41, 5.74) is -1.42. The van der Waals surface area contributed by atoms with E-state index in [-0.39, 0.29) is 16.3 Å². The van der Waals surface area contributed by atoms with E-state index < -0.39 is 42.7 Å². The second-order valence-electron chi connectivity index (χ2n) is 6.81. The van der Waals surface area contributed by atoms with Crippen molar-refractivity contribution in [3.8, 4) is 5.75 Å². The molecule has 0 fully saturated rings. The first-order valence-electron chi connectivity index (χ1n) is 9.29. The zero-order chi connectivity index (χ0) is 24.3. The number of rotatable bonds is 7. The maximum atomic E-state index is 13.5. The van der Waals surface area contributed by atoms with Crippen molar-refractivity contribution in [2.75, 3.05) is 11.4 Å². The number of carbonyl (C=O) groups is 1. The molecule has 170 valence electrons. The number of anilines is 1. The molecule has 3 rings (SSSR count). The van der Waals surface area contributed by atoms with Crippen molar-refractivity contribution in [2.45, 2.75) is 11.8 Å². The molecule has 0 bridgehead atoms. The Kier molecular flexibility index (Phi) is 6.40. The van der Waals surface area contributed by atoms with E-state index >= 15 is 0 Å². The predicted octanol–water partition coefficient (Wildman–Crippen LogP) is 3.86. The Morgan fingerprint density at radius 2 is 1.45 bits per heavy atom. The Hall–Kier alpha value is -4.32. The third-order valence-corrected chi connectivity index (χ3v) is 6.33. The molecule has 3 aromatic carbocycles. The van der Waals surface area contributed by atoms with Crippen molar-refractivity contribution in [1.29, 1.82) is 0 Å². The van der Waals surface area contributed by atoms with Gasteiger partial charge in [0, 0.05) is 12.1 Å². The molecule has 0 saturated carbocycles. The van der Waals surface area contributed by atoms with Gasteiger partial charge in [-0.2, -0.15) is 4.31 Å². The molecular formula is C21H17N3O8S. The monoisotopic (exact) mass is 471 g/mol. The quantitative estimate of drug-likeness (QED) is 0.372. The van der Waals surface area contributed by atoms with E-state index in [1.807, 2.05) is 0 Å². The summed E-state index contributed by atoms with van der Waals surface area (Å²) in [6.07, 6.45) is 0. The van der Waals surface area contributed by atoms with E-state index in [2.05, 4.69) is 0 Å². The van der Waals surface area contributed by atoms with E-state index in [1.54, 1.807) is 13.0 Å². The molecule has 3 aromatic rings. The fraction of sp³-hybridized carbons (Fsp3) is 0.0952. The van der Waals surface area contributed by atoms with Gasteiger partial charge >= 0.3 is 0 Å². The molecule has 0 unspecified atom stereocenters. The van der Waals surface area contributed by atoms with Gasteiger partial charge in [-0.15, -0.1) is 0 Å². The summed E-state index contributed by atoms with van der Waals surface area (Å²) in [5.74, 6) is -1.20. The van der Waals surface area contributed by atoms with Crippen molar-refractivity contribution >= 4 is 33.0 Å². The number of para-hydroxylation sites is 2. The molecule has 0 aliphatic rings. The van der Waals surface area contributed by atoms with Crippen LogP contribution in [0.5, 0.6) is 5.75 Å². The zero-order valence-corrected chi connectivity index (χ0v) is 18.2. The summed E-state index contributed by atoms with van der Waals surface area (Å²) in [4.78, 5) is 34.0. The summed E-state index contributed by atoms with van der Waals surface area (Å²) < 4.78 is 32.7. The van der Waals surface area contributed by atoms with Gasteiger partial charge in [0.15, 0.2) is 0 Å². The third kappa shape index (κ3) is 4.65. The topological polar surface area (TPSA) is 150 Å². The summed E-state index contributed by atoms with van der Waals surface area (Å²) >= 11 is 0. The number of methoxy groups -OCH3 is 1. The first-order valence-corrected chi connectivity index (χ1v) is 10.7. The van der Waals surface area contributed by atoms with E-state index in [0.29, 0.717) is 10.4 Å². The van der Waals surface area contributed by atoms with Crippen LogP contribution in [0.2, 0.25) is 0 Å². The highest BCUT2D eigenvalue weighted by Gasteiger charge is 2.35. The smallest absolute Gasteiger partial charge is 0.277 e. The minimum absolute atomic E-state index is 0.0291. The Bertz CT molecular complexity index is 1320. The number of carbonyl (C=O) groups excluding carboxylic acids is 1. The van der Waals surface area contributed by atoms with Crippen LogP contribution in [-0.2, 0) is 10.0 Å². The number of hydrogen-bond donors (Lipinski definition) is 0. The van der Waals surface area contributed by atoms with E-state index in [1.165, 1.54) is 49.6 Å². The molecule has 33 heavy (non-hydrogen) atoms. The predicted molar refractivity (Wildman–Crippen MR) is 118 cm³/mol. The van der Waals surface area contributed by atoms with Crippen LogP contribution in [0.1, 0.15) is 15.9 Å². The summed E-state index contributed by atoms with van der Waals surface area (Å²) in [6, 6.07) is 13.7. The van der Waals surface area contributed by atoms with Gasteiger partial charge in [0.1, 0.15) is 11.4 Å². The van der Waals surface area contributed by atoms with Crippen LogP contribution in [0.15, 0.2) is 71.6 Å². The maximum absolute atomic E-state index is 13.5. The number of nitro benzene ring substituents is 2. The highest BCUT2D eigenvalue weighted by Crippen LogP contribution is 2.35. The Balaban J connectivity index is 2.29. The molecule has 0 aromatic heterocycles. The van der Waals surface area contributed by atoms with Crippen molar-refractivity contribution in [1.82, 2.24) is 0 Å². The number of ether oxygens (including phenoxy) is 1. The molecule has 1 amide bonds. The minimum Gasteiger partial charge on any atom is -0.495 e. The average molecular weight is 471 g/mol. The molecule has 0 radical (unpaired) electrons. The first-order chi connectivity index (χ1) is 15.6. The highest BCUT2D eigenvalue weighted by atomic mass is 32.2. The van der Waals surface area contributed by atoms with Crippen LogP contribution < -0.4 is 9.04 Å². The average Bonchev–Trinajstić information content (AvgIpc) is 2.79. The number of hydrogen-bond acceptors (Lipinski definition) is 8. The number of sulfonamides is 1. The largest absolute Gasteiger partial charge is 0.495 e. The lowest BCUT2D eigenvalue weighted by atomic mass is 10.1. The van der Waals surface area contributed by atoms with Gasteiger partial charge in [0.25, 0.3) is 27.3 Å². The minimum atomic E-state index is -4.55. The number of nitro groups is 2. The van der Waals surface area contributed by atoms with E-state index in [0.717, 1.165) is 17.7 Å². The number of nitrogens with zero attached hydrogens (tertiary/aromatic N) is 3. The van der Waals surface area contributed by atoms with Gasteiger partial charge in [0.2, 0.25) is 0 Å². The van der Waals surface area contributed by atoms with E-state index in [9.17, 15) is 33.4 Å². The summed E-state index contributed by atoms with van der Waals surface area (Å²) in [7, 11) is -3.28. The fourth-order valence-electron chi connectivity index (χ4n) is 3.01. The normalized spacial score (nSPS) is 11.0. The van der Waals surface area contributed by atoms with Crippen LogP contribution in [0, 0.1) is 27.2 Å². The maximum Gasteiger partial charge on any atom is 0.277 e. The Labute approximate surface area is 188 Å². The van der Waals surface area contributed by atoms with Crippen LogP contribution in [0.4, 0.5) is 17.1 Å². The van der Waals surface area contributed by atoms with Crippen LogP contribution >= 0.6 is 0 Å². The van der Waals surface area contributed by atoms with Crippen LogP contribution in [0.25, 0.3) is 0 Å². The van der Waals surface area contributed by atoms with Gasteiger partial charge in [0.05, 0.1) is 33.5 Å². The lowest BCUT2D eigenvalue weighted by molar-refractivity contribution is -0.394. The van der Waals surface area contributed by atoms with Crippen LogP contribution in [0.3, 0.4) is 0 Å². The lowest BCUT2D eigenvalue weighted by Gasteiger charge is -2.24. The van der Waals surface area contributed by atoms with Gasteiger partial charge in [-0.05, 0) is 31.2 Å². The second-order valence-corrected chi connectivity index (χ2v) is 8.60. The van der Waals surface area contributed by atoms with Crippen molar-refractivity contribution in [3.05, 3.63) is 98.1 Å². The van der Waals surface area contributed by atoms with Gasteiger partial charge in [-0.25, -0.2) is 8.42 Å². The van der Waals surface area contributed by atoms with E-state index in [4.69, 9.17) is 4.74 Å². The highest BCUT2D eigenvalue weighted by molar-refractivity contribution is 7.93. The molecule has 12 heteroatoms. The molecule has 0 N–H and O–H groups in total. The molecule has 0 aliphatic carbocycles. The molecular weight excluding hydrogens is 454 g/mol. The summed E-state index contributed by atoms with van der Waals surface area (Å²) in [6.45, 7) is 1.75. The SMILES string of the molecule is COc1ccccc1N(C(=O)c1cc([N+](=O)[O-])cc([N+](=O)[O-])c1)S(=O)(=O)c1ccc(C)cc1. The summed E-state index contributed by atoms with van der Waals surface area (Å²) in [5, 5.41) is 22.5. The van der Waals surface area contributed by atoms with Crippen LogP contribution in [-0.4, -0.2) is 31.3 Å². The number of aryl methyl sites for hydroxylation is 1. The lowest BCUT2D eigenvalue weighted by Crippen LogP contribution is -2.37. The van der Waals surface area contributed by atoms with Crippen molar-refractivity contribution in [2.24, 2.45) is 0 Å². The third-order valence-electron chi connectivity index (χ3n) is 4.62. The number of benzene rings is 3. The molecule has 0 heterocycles. The molecule has 0 saturated heterocycles. The molecule has 0 spiro atoms. The Morgan fingerprint density at radius 1 is 0.909 bits per heavy atom. The van der Waals surface area contributed by atoms with Crippen molar-refractivity contribution in [3.63, 3.8) is 0 Å². The first kappa shape index (κ1) is 23.3. The fourth-order valence-corrected chi connectivity index (χ4v) is 4.43. The van der Waals surface area contributed by atoms with Gasteiger partial charge in [-0.3, -0.25) is 25.0 Å². The molecule has 0 atom stereocenters.